The smallest absolute Gasteiger partial charge is 0.303 e. The Labute approximate surface area is 491 Å². The highest BCUT2D eigenvalue weighted by Crippen LogP contribution is 2.43. The fraction of sp³-hybridized carbons (Fsp3) is 0.294. The molecule has 0 spiro atoms. The predicted octanol–water partition coefficient (Wildman–Crippen LogP) is 15.5. The summed E-state index contributed by atoms with van der Waals surface area (Å²) in [7, 11) is 0. The van der Waals surface area contributed by atoms with Gasteiger partial charge >= 0.3 is 23.9 Å². The standard InChI is InChI=1S/C68H70N8O9/c1-13-41-31(3)47-23-49-33(5)43(15-19-63(77)78)57(71-49)29-59-45(17-21-65(81)82)35(7)51(73-59)27-61-67(37(9)53(75-61)25-55(41)69-47)39(11)85-40(12)68-38(10)54-26-56-42(14-2)32(4)48(70-56)24-50-34(6)44(16-20-64(79)80)58(72-50)30-60-46(18-22-66(83)84)36(8)52(74-60)28-62(68)76-54/h13-14,23-30,39-40,69-70,75-76H,1-2,15-22H2,3-12H3,(H,77,78)(H,79,80)(H,81,82)(H,83,84)/t39-,40+. The van der Waals surface area contributed by atoms with Crippen molar-refractivity contribution >= 4 is 125 Å². The van der Waals surface area contributed by atoms with Gasteiger partial charge in [0.15, 0.2) is 0 Å². The number of aryl methyl sites for hydroxylation is 4. The van der Waals surface area contributed by atoms with Gasteiger partial charge in [0, 0.05) is 92.1 Å². The lowest BCUT2D eigenvalue weighted by Gasteiger charge is -2.21. The van der Waals surface area contributed by atoms with Crippen molar-refractivity contribution in [2.45, 2.75) is 133 Å². The molecule has 0 aromatic carbocycles. The van der Waals surface area contributed by atoms with Crippen molar-refractivity contribution in [3.05, 3.63) is 152 Å². The highest BCUT2D eigenvalue weighted by Gasteiger charge is 2.28. The van der Waals surface area contributed by atoms with E-state index in [2.05, 4.69) is 59.1 Å². The molecule has 0 amide bonds. The lowest BCUT2D eigenvalue weighted by atomic mass is 9.98. The van der Waals surface area contributed by atoms with E-state index in [0.29, 0.717) is 45.6 Å². The number of rotatable bonds is 18. The largest absolute Gasteiger partial charge is 0.481 e. The average Bonchev–Trinajstić information content (AvgIpc) is 4.17. The molecule has 2 atom stereocenters. The summed E-state index contributed by atoms with van der Waals surface area (Å²) in [6.07, 6.45) is 2.92. The molecule has 436 valence electrons. The van der Waals surface area contributed by atoms with Crippen molar-refractivity contribution in [2.24, 2.45) is 0 Å². The highest BCUT2D eigenvalue weighted by molar-refractivity contribution is 5.99. The summed E-state index contributed by atoms with van der Waals surface area (Å²) in [4.78, 5) is 83.5. The number of carboxylic acids is 4. The lowest BCUT2D eigenvalue weighted by molar-refractivity contribution is -0.137. The minimum absolute atomic E-state index is 0.106. The van der Waals surface area contributed by atoms with Crippen LogP contribution in [0.5, 0.6) is 0 Å². The SMILES string of the molecule is C=Cc1c(C)c2cc3nc(cc4nc(cc5[nH]c(cc1[nH]2)c(C)c5[C@H](C)O[C@H](C)c1c(C)c2cc5[nH]c(cc6nc(cc7nc(cc1[nH]2)C(C)=C7CCC(=O)O)C(CCC(=O)O)=C6C)c(C)c5C=C)C(C)=C4CCC(=O)O)C(CCC(=O)O)=C3C. The number of nitrogens with one attached hydrogen (secondary N) is 4. The zero-order chi connectivity index (χ0) is 61.0. The molecular weight excluding hydrogens is 1070 g/mol. The molecule has 0 fully saturated rings. The Bertz CT molecular complexity index is 4140. The molecule has 0 saturated heterocycles. The quantitative estimate of drug-likeness (QED) is 0.0398. The Morgan fingerprint density at radius 1 is 0.400 bits per heavy atom. The van der Waals surface area contributed by atoms with Crippen LogP contribution < -0.4 is 0 Å². The van der Waals surface area contributed by atoms with E-state index in [1.807, 2.05) is 104 Å². The molecule has 8 N–H and O–H groups in total. The van der Waals surface area contributed by atoms with Gasteiger partial charge in [0.2, 0.25) is 0 Å². The number of H-pyrrole nitrogens is 4. The van der Waals surface area contributed by atoms with Crippen molar-refractivity contribution in [1.82, 2.24) is 39.9 Å². The molecule has 0 unspecified atom stereocenters. The number of aromatic amines is 4. The van der Waals surface area contributed by atoms with Gasteiger partial charge in [-0.05, 0) is 210 Å². The highest BCUT2D eigenvalue weighted by atomic mass is 16.5. The first-order valence-corrected chi connectivity index (χ1v) is 28.5. The van der Waals surface area contributed by atoms with E-state index >= 15 is 0 Å². The first-order valence-electron chi connectivity index (χ1n) is 28.5. The molecule has 6 aromatic rings. The molecule has 0 aliphatic carbocycles. The summed E-state index contributed by atoms with van der Waals surface area (Å²) in [5.74, 6) is -3.77. The number of carbonyl (C=O) groups is 4. The summed E-state index contributed by atoms with van der Waals surface area (Å²) in [5.41, 5.74) is 24.7. The van der Waals surface area contributed by atoms with Gasteiger partial charge in [0.25, 0.3) is 0 Å². The van der Waals surface area contributed by atoms with E-state index in [0.717, 1.165) is 133 Å². The Kier molecular flexibility index (Phi) is 16.1. The van der Waals surface area contributed by atoms with Gasteiger partial charge in [0.05, 0.1) is 57.8 Å². The van der Waals surface area contributed by atoms with Gasteiger partial charge in [-0.25, -0.2) is 19.9 Å². The van der Waals surface area contributed by atoms with Gasteiger partial charge in [-0.15, -0.1) is 0 Å². The van der Waals surface area contributed by atoms with Crippen LogP contribution in [0.4, 0.5) is 0 Å². The Morgan fingerprint density at radius 2 is 0.659 bits per heavy atom. The summed E-state index contributed by atoms with van der Waals surface area (Å²) < 4.78 is 7.29. The van der Waals surface area contributed by atoms with Crippen molar-refractivity contribution in [1.29, 1.82) is 0 Å². The lowest BCUT2D eigenvalue weighted by Crippen LogP contribution is -2.07. The van der Waals surface area contributed by atoms with E-state index in [-0.39, 0.29) is 51.4 Å². The van der Waals surface area contributed by atoms with Gasteiger partial charge in [-0.2, -0.15) is 0 Å². The molecule has 17 nitrogen and oxygen atoms in total. The van der Waals surface area contributed by atoms with Crippen LogP contribution >= 0.6 is 0 Å². The Hall–Kier alpha value is -9.48. The fourth-order valence-corrected chi connectivity index (χ4v) is 12.5. The summed E-state index contributed by atoms with van der Waals surface area (Å²) >= 11 is 0. The zero-order valence-corrected chi connectivity index (χ0v) is 49.6. The molecule has 10 heterocycles. The fourth-order valence-electron chi connectivity index (χ4n) is 12.5. The second-order valence-corrected chi connectivity index (χ2v) is 22.5. The first-order chi connectivity index (χ1) is 40.4. The van der Waals surface area contributed by atoms with Gasteiger partial charge in [0.1, 0.15) is 0 Å². The van der Waals surface area contributed by atoms with E-state index in [1.165, 1.54) is 0 Å². The third-order valence-corrected chi connectivity index (χ3v) is 17.3. The van der Waals surface area contributed by atoms with Crippen molar-refractivity contribution in [3.8, 4) is 0 Å². The summed E-state index contributed by atoms with van der Waals surface area (Å²) in [5, 5.41) is 39.5. The second-order valence-electron chi connectivity index (χ2n) is 22.5. The van der Waals surface area contributed by atoms with Gasteiger partial charge in [-0.3, -0.25) is 19.2 Å². The Balaban J connectivity index is 1.19. The third kappa shape index (κ3) is 11.3. The molecule has 17 heteroatoms. The number of hydrogen-bond acceptors (Lipinski definition) is 9. The first kappa shape index (κ1) is 58.7. The normalized spacial score (nSPS) is 14.1. The maximum Gasteiger partial charge on any atom is 0.303 e. The molecule has 10 rings (SSSR count). The van der Waals surface area contributed by atoms with Crippen LogP contribution in [0.15, 0.2) is 61.7 Å². The van der Waals surface area contributed by atoms with Crippen LogP contribution in [0.2, 0.25) is 0 Å². The van der Waals surface area contributed by atoms with Crippen molar-refractivity contribution < 1.29 is 44.3 Å². The number of ether oxygens (including phenoxy) is 1. The summed E-state index contributed by atoms with van der Waals surface area (Å²) in [6, 6.07) is 15.7. The molecule has 0 radical (unpaired) electrons. The van der Waals surface area contributed by atoms with Crippen molar-refractivity contribution in [3.63, 3.8) is 0 Å². The Morgan fingerprint density at radius 3 is 0.929 bits per heavy atom. The number of nitrogens with zero attached hydrogens (tertiary/aromatic N) is 4. The molecular formula is C68H70N8O9. The average molecular weight is 1140 g/mol. The number of aromatic nitrogens is 8. The molecule has 4 aliphatic heterocycles. The number of hydrogen-bond donors (Lipinski definition) is 8. The van der Waals surface area contributed by atoms with Crippen LogP contribution in [0, 0.1) is 27.7 Å². The molecule has 16 bridgehead atoms. The number of aliphatic carboxylic acids is 4. The maximum absolute atomic E-state index is 12.1. The maximum atomic E-state index is 12.1. The van der Waals surface area contributed by atoms with Crippen LogP contribution in [-0.4, -0.2) is 84.2 Å². The topological polar surface area (TPSA) is 273 Å². The summed E-state index contributed by atoms with van der Waals surface area (Å²) in [6.45, 7) is 28.3. The van der Waals surface area contributed by atoms with E-state index in [4.69, 9.17) is 24.7 Å². The number of carboxylic acid groups (broad SMARTS) is 4. The minimum atomic E-state index is -0.949. The van der Waals surface area contributed by atoms with E-state index in [9.17, 15) is 39.6 Å². The van der Waals surface area contributed by atoms with Gasteiger partial charge < -0.3 is 45.1 Å². The minimum Gasteiger partial charge on any atom is -0.481 e. The molecule has 6 aromatic heterocycles. The van der Waals surface area contributed by atoms with Crippen molar-refractivity contribution in [2.75, 3.05) is 0 Å². The van der Waals surface area contributed by atoms with Crippen LogP contribution in [0.25, 0.3) is 101 Å². The number of allylic oxidation sites excluding steroid dienone is 8. The third-order valence-electron chi connectivity index (χ3n) is 17.3. The van der Waals surface area contributed by atoms with E-state index < -0.39 is 36.1 Å². The predicted molar refractivity (Wildman–Crippen MR) is 336 cm³/mol. The molecule has 0 saturated carbocycles. The van der Waals surface area contributed by atoms with Crippen LogP contribution in [0.1, 0.15) is 195 Å². The number of fused-ring (bicyclic) bond motifs is 16. The van der Waals surface area contributed by atoms with Crippen LogP contribution in [-0.2, 0) is 23.9 Å². The second kappa shape index (κ2) is 23.3. The zero-order valence-electron chi connectivity index (χ0n) is 49.6. The molecule has 85 heavy (non-hydrogen) atoms. The van der Waals surface area contributed by atoms with Crippen LogP contribution in [0.3, 0.4) is 0 Å². The monoisotopic (exact) mass is 1140 g/mol. The van der Waals surface area contributed by atoms with E-state index in [1.54, 1.807) is 0 Å². The molecule has 4 aliphatic rings. The van der Waals surface area contributed by atoms with Gasteiger partial charge in [-0.1, -0.05) is 25.3 Å².